The molecule has 40 heavy (non-hydrogen) atoms. The average Bonchev–Trinajstić information content (AvgIpc) is 2.87. The molecule has 1 atom stereocenters. The van der Waals surface area contributed by atoms with Crippen LogP contribution in [0.3, 0.4) is 0 Å². The summed E-state index contributed by atoms with van der Waals surface area (Å²) >= 11 is 19.2. The molecule has 214 valence electrons. The molecule has 0 radical (unpaired) electrons. The predicted molar refractivity (Wildman–Crippen MR) is 163 cm³/mol. The molecule has 0 spiro atoms. The minimum absolute atomic E-state index is 0.118. The Morgan fingerprint density at radius 1 is 0.900 bits per heavy atom. The summed E-state index contributed by atoms with van der Waals surface area (Å²) in [6.45, 7) is 4.74. The van der Waals surface area contributed by atoms with E-state index in [1.165, 1.54) is 11.0 Å². The van der Waals surface area contributed by atoms with Gasteiger partial charge in [0.05, 0.1) is 11.9 Å². The van der Waals surface area contributed by atoms with Gasteiger partial charge < -0.3 is 10.2 Å². The number of rotatable bonds is 11. The van der Waals surface area contributed by atoms with Crippen LogP contribution in [0, 0.1) is 6.92 Å². The quantitative estimate of drug-likeness (QED) is 0.289. The molecule has 0 aromatic heterocycles. The predicted octanol–water partition coefficient (Wildman–Crippen LogP) is 5.89. The van der Waals surface area contributed by atoms with Crippen molar-refractivity contribution in [2.24, 2.45) is 0 Å². The van der Waals surface area contributed by atoms with E-state index in [9.17, 15) is 18.0 Å². The lowest BCUT2D eigenvalue weighted by molar-refractivity contribution is -0.140. The van der Waals surface area contributed by atoms with Gasteiger partial charge in [-0.3, -0.25) is 13.9 Å². The van der Waals surface area contributed by atoms with Crippen molar-refractivity contribution in [2.75, 3.05) is 17.1 Å². The van der Waals surface area contributed by atoms with Gasteiger partial charge >= 0.3 is 0 Å². The molecule has 0 fully saturated rings. The summed E-state index contributed by atoms with van der Waals surface area (Å²) in [6, 6.07) is 17.8. The molecule has 0 aliphatic rings. The zero-order valence-electron chi connectivity index (χ0n) is 22.7. The highest BCUT2D eigenvalue weighted by Gasteiger charge is 2.34. The van der Waals surface area contributed by atoms with Gasteiger partial charge in [-0.1, -0.05) is 77.3 Å². The molecule has 3 aromatic rings. The standard InChI is InChI=1S/C29H32Cl3N3O4S/c1-19(2)33-29(37)27(15-21-9-6-5-7-10-21)34(17-23-24(30)11-8-12-25(23)31)28(36)18-35(40(4,38)39)22-14-13-20(3)26(32)16-22/h5-14,16,19,27H,15,17-18H2,1-4H3,(H,33,37). The van der Waals surface area contributed by atoms with Gasteiger partial charge in [-0.05, 0) is 56.2 Å². The first-order chi connectivity index (χ1) is 18.8. The Kier molecular flexibility index (Phi) is 10.9. The second-order valence-corrected chi connectivity index (χ2v) is 12.9. The lowest BCUT2D eigenvalue weighted by Gasteiger charge is -2.34. The Morgan fingerprint density at radius 2 is 1.52 bits per heavy atom. The lowest BCUT2D eigenvalue weighted by Crippen LogP contribution is -2.54. The van der Waals surface area contributed by atoms with Crippen LogP contribution in [0.25, 0.3) is 0 Å². The van der Waals surface area contributed by atoms with Crippen LogP contribution in [-0.2, 0) is 32.6 Å². The number of nitrogens with one attached hydrogen (secondary N) is 1. The van der Waals surface area contributed by atoms with Crippen LogP contribution in [0.15, 0.2) is 66.7 Å². The molecule has 0 aliphatic heterocycles. The van der Waals surface area contributed by atoms with E-state index in [0.717, 1.165) is 21.7 Å². The number of halogens is 3. The maximum Gasteiger partial charge on any atom is 0.244 e. The Balaban J connectivity index is 2.11. The minimum atomic E-state index is -3.91. The second kappa shape index (κ2) is 13.7. The van der Waals surface area contributed by atoms with E-state index in [4.69, 9.17) is 34.8 Å². The molecule has 1 N–H and O–H groups in total. The highest BCUT2D eigenvalue weighted by molar-refractivity contribution is 7.92. The van der Waals surface area contributed by atoms with Crippen LogP contribution in [0.4, 0.5) is 5.69 Å². The van der Waals surface area contributed by atoms with Crippen molar-refractivity contribution in [2.45, 2.75) is 45.8 Å². The van der Waals surface area contributed by atoms with E-state index in [1.54, 1.807) is 37.3 Å². The Morgan fingerprint density at radius 3 is 2.08 bits per heavy atom. The third-order valence-corrected chi connectivity index (χ3v) is 8.47. The van der Waals surface area contributed by atoms with E-state index in [1.807, 2.05) is 44.2 Å². The minimum Gasteiger partial charge on any atom is -0.352 e. The Hall–Kier alpha value is -2.78. The van der Waals surface area contributed by atoms with Crippen LogP contribution in [0.1, 0.15) is 30.5 Å². The molecule has 11 heteroatoms. The number of hydrogen-bond donors (Lipinski definition) is 1. The maximum absolute atomic E-state index is 14.1. The van der Waals surface area contributed by atoms with Gasteiger partial charge in [0.15, 0.2) is 0 Å². The zero-order valence-corrected chi connectivity index (χ0v) is 25.8. The van der Waals surface area contributed by atoms with Gasteiger partial charge in [0.25, 0.3) is 0 Å². The SMILES string of the molecule is Cc1ccc(N(CC(=O)N(Cc2c(Cl)cccc2Cl)C(Cc2ccccc2)C(=O)NC(C)C)S(C)(=O)=O)cc1Cl. The number of amides is 2. The van der Waals surface area contributed by atoms with Crippen LogP contribution in [-0.4, -0.2) is 50.0 Å². The molecule has 0 saturated carbocycles. The highest BCUT2D eigenvalue weighted by Crippen LogP contribution is 2.29. The largest absolute Gasteiger partial charge is 0.352 e. The topological polar surface area (TPSA) is 86.8 Å². The summed E-state index contributed by atoms with van der Waals surface area (Å²) in [5, 5.41) is 3.89. The first-order valence-corrected chi connectivity index (χ1v) is 15.6. The number of aryl methyl sites for hydroxylation is 1. The van der Waals surface area contributed by atoms with E-state index < -0.39 is 28.5 Å². The van der Waals surface area contributed by atoms with Crippen LogP contribution in [0.5, 0.6) is 0 Å². The van der Waals surface area contributed by atoms with Crippen molar-refractivity contribution in [1.82, 2.24) is 10.2 Å². The summed E-state index contributed by atoms with van der Waals surface area (Å²) in [7, 11) is -3.91. The Bertz CT molecular complexity index is 1450. The summed E-state index contributed by atoms with van der Waals surface area (Å²) in [4.78, 5) is 29.0. The fraction of sp³-hybridized carbons (Fsp3) is 0.310. The van der Waals surface area contributed by atoms with Crippen molar-refractivity contribution in [1.29, 1.82) is 0 Å². The number of hydrogen-bond acceptors (Lipinski definition) is 4. The molecule has 0 saturated heterocycles. The number of carbonyl (C=O) groups is 2. The molecular formula is C29H32Cl3N3O4S. The molecule has 0 bridgehead atoms. The number of benzene rings is 3. The number of anilines is 1. The molecule has 2 amide bonds. The summed E-state index contributed by atoms with van der Waals surface area (Å²) in [5.74, 6) is -1.00. The molecule has 3 aromatic carbocycles. The Labute approximate surface area is 251 Å². The lowest BCUT2D eigenvalue weighted by atomic mass is 10.0. The fourth-order valence-corrected chi connectivity index (χ4v) is 5.67. The molecule has 3 rings (SSSR count). The monoisotopic (exact) mass is 623 g/mol. The van der Waals surface area contributed by atoms with E-state index in [2.05, 4.69) is 5.32 Å². The number of sulfonamides is 1. The summed E-state index contributed by atoms with van der Waals surface area (Å²) in [5.41, 5.74) is 2.25. The number of nitrogens with zero attached hydrogens (tertiary/aromatic N) is 2. The van der Waals surface area contributed by atoms with E-state index in [-0.39, 0.29) is 30.6 Å². The molecule has 0 heterocycles. The first kappa shape index (κ1) is 31.7. The van der Waals surface area contributed by atoms with Crippen LogP contribution >= 0.6 is 34.8 Å². The molecule has 1 unspecified atom stereocenters. The molecular weight excluding hydrogens is 593 g/mol. The summed E-state index contributed by atoms with van der Waals surface area (Å²) in [6.07, 6.45) is 1.19. The average molecular weight is 625 g/mol. The zero-order chi connectivity index (χ0) is 29.6. The van der Waals surface area contributed by atoms with Crippen molar-refractivity contribution in [3.8, 4) is 0 Å². The van der Waals surface area contributed by atoms with Gasteiger partial charge in [-0.25, -0.2) is 8.42 Å². The second-order valence-electron chi connectivity index (χ2n) is 9.79. The van der Waals surface area contributed by atoms with Gasteiger partial charge in [0.1, 0.15) is 12.6 Å². The summed E-state index contributed by atoms with van der Waals surface area (Å²) < 4.78 is 26.7. The van der Waals surface area contributed by atoms with Gasteiger partial charge in [0.2, 0.25) is 21.8 Å². The van der Waals surface area contributed by atoms with Gasteiger partial charge in [-0.15, -0.1) is 0 Å². The molecule has 0 aliphatic carbocycles. The molecule has 7 nitrogen and oxygen atoms in total. The van der Waals surface area contributed by atoms with Gasteiger partial charge in [-0.2, -0.15) is 0 Å². The van der Waals surface area contributed by atoms with Crippen molar-refractivity contribution in [3.05, 3.63) is 98.5 Å². The normalized spacial score (nSPS) is 12.2. The van der Waals surface area contributed by atoms with Crippen molar-refractivity contribution < 1.29 is 18.0 Å². The number of carbonyl (C=O) groups excluding carboxylic acids is 2. The first-order valence-electron chi connectivity index (χ1n) is 12.6. The third kappa shape index (κ3) is 8.36. The van der Waals surface area contributed by atoms with Gasteiger partial charge in [0, 0.05) is 39.6 Å². The van der Waals surface area contributed by atoms with Crippen molar-refractivity contribution >= 4 is 62.3 Å². The van der Waals surface area contributed by atoms with E-state index in [0.29, 0.717) is 20.6 Å². The third-order valence-electron chi connectivity index (χ3n) is 6.21. The maximum atomic E-state index is 14.1. The van der Waals surface area contributed by atoms with Crippen LogP contribution in [0.2, 0.25) is 15.1 Å². The van der Waals surface area contributed by atoms with Crippen molar-refractivity contribution in [3.63, 3.8) is 0 Å². The fourth-order valence-electron chi connectivity index (χ4n) is 4.14. The highest BCUT2D eigenvalue weighted by atomic mass is 35.5. The van der Waals surface area contributed by atoms with Crippen LogP contribution < -0.4 is 9.62 Å². The smallest absolute Gasteiger partial charge is 0.244 e. The van der Waals surface area contributed by atoms with E-state index >= 15 is 0 Å².